The monoisotopic (exact) mass is 317 g/mol. The first-order chi connectivity index (χ1) is 10.5. The molecule has 1 saturated heterocycles. The van der Waals surface area contributed by atoms with Gasteiger partial charge in [0.15, 0.2) is 6.29 Å². The van der Waals surface area contributed by atoms with E-state index in [2.05, 4.69) is 5.32 Å². The van der Waals surface area contributed by atoms with Crippen molar-refractivity contribution in [3.05, 3.63) is 0 Å². The fourth-order valence-electron chi connectivity index (χ4n) is 2.17. The van der Waals surface area contributed by atoms with Gasteiger partial charge in [-0.05, 0) is 20.3 Å². The van der Waals surface area contributed by atoms with Gasteiger partial charge in [0, 0.05) is 13.3 Å². The lowest BCUT2D eigenvalue weighted by Gasteiger charge is -2.30. The van der Waals surface area contributed by atoms with Gasteiger partial charge < -0.3 is 24.3 Å². The Labute approximate surface area is 129 Å². The Balaban J connectivity index is 2.96. The third-order valence-electron chi connectivity index (χ3n) is 3.08. The quantitative estimate of drug-likeness (QED) is 0.502. The number of carbonyl (C=O) groups excluding carboxylic acids is 3. The predicted molar refractivity (Wildman–Crippen MR) is 74.7 cm³/mol. The number of carbonyl (C=O) groups is 3. The Morgan fingerprint density at radius 3 is 2.00 bits per heavy atom. The molecule has 0 aromatic carbocycles. The molecule has 1 rings (SSSR count). The van der Waals surface area contributed by atoms with Crippen LogP contribution in [0.3, 0.4) is 0 Å². The first-order valence-corrected chi connectivity index (χ1v) is 7.32. The van der Waals surface area contributed by atoms with Crippen molar-refractivity contribution in [2.45, 2.75) is 45.4 Å². The number of nitrogens with one attached hydrogen (secondary N) is 1. The van der Waals surface area contributed by atoms with Crippen LogP contribution in [-0.2, 0) is 33.3 Å². The summed E-state index contributed by atoms with van der Waals surface area (Å²) >= 11 is 0. The maximum absolute atomic E-state index is 12.3. The highest BCUT2D eigenvalue weighted by atomic mass is 16.7. The lowest BCUT2D eigenvalue weighted by Crippen LogP contribution is -2.61. The average molecular weight is 317 g/mol. The van der Waals surface area contributed by atoms with Crippen molar-refractivity contribution in [2.24, 2.45) is 0 Å². The molecule has 1 amide bonds. The zero-order valence-electron chi connectivity index (χ0n) is 13.2. The summed E-state index contributed by atoms with van der Waals surface area (Å²) in [5.41, 5.74) is -1.88. The standard InChI is InChI=1S/C14H23NO7/c1-4-19-12(17)14(15-10(3)16,13(18)20-5-2)7-6-11-21-8-9-22-11/h11H,4-9H2,1-3H3,(H,15,16). The van der Waals surface area contributed by atoms with E-state index < -0.39 is 29.7 Å². The normalized spacial score (nSPS) is 15.4. The summed E-state index contributed by atoms with van der Waals surface area (Å²) in [4.78, 5) is 36.1. The molecule has 1 fully saturated rings. The molecule has 0 unspecified atom stereocenters. The molecule has 0 aliphatic carbocycles. The lowest BCUT2D eigenvalue weighted by atomic mass is 9.92. The minimum atomic E-state index is -1.88. The van der Waals surface area contributed by atoms with Crippen LogP contribution in [-0.4, -0.2) is 56.1 Å². The minimum absolute atomic E-state index is 0.0328. The van der Waals surface area contributed by atoms with Crippen LogP contribution in [0, 0.1) is 0 Å². The first-order valence-electron chi connectivity index (χ1n) is 7.32. The SMILES string of the molecule is CCOC(=O)C(CCC1OCCO1)(NC(C)=O)C(=O)OCC. The summed E-state index contributed by atoms with van der Waals surface area (Å²) in [5.74, 6) is -2.22. The van der Waals surface area contributed by atoms with Crippen molar-refractivity contribution >= 4 is 17.8 Å². The van der Waals surface area contributed by atoms with Gasteiger partial charge in [0.05, 0.1) is 26.4 Å². The van der Waals surface area contributed by atoms with E-state index in [0.29, 0.717) is 13.2 Å². The lowest BCUT2D eigenvalue weighted by molar-refractivity contribution is -0.169. The van der Waals surface area contributed by atoms with Gasteiger partial charge in [-0.25, -0.2) is 9.59 Å². The maximum atomic E-state index is 12.3. The third-order valence-corrected chi connectivity index (χ3v) is 3.08. The van der Waals surface area contributed by atoms with Crippen molar-refractivity contribution in [3.8, 4) is 0 Å². The molecule has 1 aliphatic rings. The molecule has 22 heavy (non-hydrogen) atoms. The second-order valence-corrected chi connectivity index (χ2v) is 4.74. The summed E-state index contributed by atoms with van der Waals surface area (Å²) < 4.78 is 20.5. The van der Waals surface area contributed by atoms with Crippen LogP contribution >= 0.6 is 0 Å². The van der Waals surface area contributed by atoms with Gasteiger partial charge in [0.1, 0.15) is 0 Å². The van der Waals surface area contributed by atoms with Crippen LogP contribution in [0.25, 0.3) is 0 Å². The summed E-state index contributed by atoms with van der Waals surface area (Å²) in [6.07, 6.45) is -0.302. The molecule has 1 heterocycles. The fourth-order valence-corrected chi connectivity index (χ4v) is 2.17. The van der Waals surface area contributed by atoms with E-state index in [1.54, 1.807) is 13.8 Å². The van der Waals surface area contributed by atoms with Gasteiger partial charge >= 0.3 is 11.9 Å². The topological polar surface area (TPSA) is 100 Å². The van der Waals surface area contributed by atoms with Crippen molar-refractivity contribution < 1.29 is 33.3 Å². The van der Waals surface area contributed by atoms with E-state index in [1.165, 1.54) is 6.92 Å². The molecule has 1 aliphatic heterocycles. The Morgan fingerprint density at radius 2 is 1.59 bits per heavy atom. The number of hydrogen-bond acceptors (Lipinski definition) is 7. The van der Waals surface area contributed by atoms with E-state index in [9.17, 15) is 14.4 Å². The largest absolute Gasteiger partial charge is 0.464 e. The molecular formula is C14H23NO7. The molecule has 0 saturated carbocycles. The van der Waals surface area contributed by atoms with Gasteiger partial charge in [-0.2, -0.15) is 0 Å². The predicted octanol–water partition coefficient (Wildman–Crippen LogP) is 0.141. The molecule has 0 atom stereocenters. The van der Waals surface area contributed by atoms with Crippen LogP contribution < -0.4 is 5.32 Å². The Hall–Kier alpha value is -1.67. The van der Waals surface area contributed by atoms with Crippen LogP contribution in [0.15, 0.2) is 0 Å². The molecular weight excluding hydrogens is 294 g/mol. The molecule has 0 aromatic rings. The van der Waals surface area contributed by atoms with E-state index in [1.807, 2.05) is 0 Å². The minimum Gasteiger partial charge on any atom is -0.464 e. The molecule has 8 heteroatoms. The molecule has 0 radical (unpaired) electrons. The van der Waals surface area contributed by atoms with Gasteiger partial charge in [0.2, 0.25) is 11.4 Å². The van der Waals surface area contributed by atoms with Crippen molar-refractivity contribution in [3.63, 3.8) is 0 Å². The zero-order chi connectivity index (χ0) is 16.6. The van der Waals surface area contributed by atoms with E-state index in [4.69, 9.17) is 18.9 Å². The third kappa shape index (κ3) is 4.67. The molecule has 0 bridgehead atoms. The zero-order valence-corrected chi connectivity index (χ0v) is 13.2. The van der Waals surface area contributed by atoms with Crippen molar-refractivity contribution in [1.82, 2.24) is 5.32 Å². The second-order valence-electron chi connectivity index (χ2n) is 4.74. The van der Waals surface area contributed by atoms with Crippen molar-refractivity contribution in [2.75, 3.05) is 26.4 Å². The van der Waals surface area contributed by atoms with Crippen molar-refractivity contribution in [1.29, 1.82) is 0 Å². The van der Waals surface area contributed by atoms with Crippen LogP contribution in [0.1, 0.15) is 33.6 Å². The van der Waals surface area contributed by atoms with Gasteiger partial charge in [-0.1, -0.05) is 0 Å². The van der Waals surface area contributed by atoms with Gasteiger partial charge in [0.25, 0.3) is 0 Å². The number of rotatable bonds is 8. The molecule has 0 aromatic heterocycles. The van der Waals surface area contributed by atoms with Crippen LogP contribution in [0.5, 0.6) is 0 Å². The smallest absolute Gasteiger partial charge is 0.343 e. The summed E-state index contributed by atoms with van der Waals surface area (Å²) in [6.45, 7) is 5.52. The highest BCUT2D eigenvalue weighted by Crippen LogP contribution is 2.22. The van der Waals surface area contributed by atoms with Gasteiger partial charge in [-0.15, -0.1) is 0 Å². The summed E-state index contributed by atoms with van der Waals surface area (Å²) in [6, 6.07) is 0. The highest BCUT2D eigenvalue weighted by molar-refractivity contribution is 6.07. The number of ether oxygens (including phenoxy) is 4. The average Bonchev–Trinajstić information content (AvgIpc) is 2.96. The Kier molecular flexibility index (Phi) is 7.26. The Morgan fingerprint density at radius 1 is 1.09 bits per heavy atom. The first kappa shape index (κ1) is 18.4. The highest BCUT2D eigenvalue weighted by Gasteiger charge is 2.50. The number of esters is 2. The molecule has 0 spiro atoms. The summed E-state index contributed by atoms with van der Waals surface area (Å²) in [5, 5.41) is 2.39. The van der Waals surface area contributed by atoms with Crippen LogP contribution in [0.2, 0.25) is 0 Å². The van der Waals surface area contributed by atoms with E-state index in [0.717, 1.165) is 0 Å². The van der Waals surface area contributed by atoms with E-state index >= 15 is 0 Å². The van der Waals surface area contributed by atoms with Gasteiger partial charge in [-0.3, -0.25) is 4.79 Å². The molecule has 126 valence electrons. The maximum Gasteiger partial charge on any atom is 0.343 e. The van der Waals surface area contributed by atoms with Crippen LogP contribution in [0.4, 0.5) is 0 Å². The Bertz CT molecular complexity index is 386. The number of hydrogen-bond donors (Lipinski definition) is 1. The van der Waals surface area contributed by atoms with E-state index in [-0.39, 0.29) is 26.1 Å². The summed E-state index contributed by atoms with van der Waals surface area (Å²) in [7, 11) is 0. The number of amides is 1. The molecule has 1 N–H and O–H groups in total. The fraction of sp³-hybridized carbons (Fsp3) is 0.786. The second kappa shape index (κ2) is 8.70. The molecule has 8 nitrogen and oxygen atoms in total.